The second-order valence-corrected chi connectivity index (χ2v) is 2.15. The lowest BCUT2D eigenvalue weighted by molar-refractivity contribution is 0.414. The molecular formula is C7H5N3O2. The first kappa shape index (κ1) is 6.78. The summed E-state index contributed by atoms with van der Waals surface area (Å²) in [6, 6.07) is 1.68. The van der Waals surface area contributed by atoms with Crippen LogP contribution in [-0.2, 0) is 0 Å². The summed E-state index contributed by atoms with van der Waals surface area (Å²) in [6.45, 7) is 0. The van der Waals surface area contributed by atoms with Gasteiger partial charge in [0, 0.05) is 12.4 Å². The summed E-state index contributed by atoms with van der Waals surface area (Å²) in [4.78, 5) is 18.8. The van der Waals surface area contributed by atoms with Crippen LogP contribution in [0, 0.1) is 0 Å². The molecule has 0 unspecified atom stereocenters. The van der Waals surface area contributed by atoms with E-state index in [-0.39, 0.29) is 5.56 Å². The van der Waals surface area contributed by atoms with Gasteiger partial charge in [0.25, 0.3) is 5.56 Å². The molecule has 0 aliphatic rings. The van der Waals surface area contributed by atoms with Gasteiger partial charge in [-0.2, -0.15) is 5.16 Å². The van der Waals surface area contributed by atoms with Gasteiger partial charge in [-0.15, -0.1) is 0 Å². The number of H-pyrrole nitrogens is 1. The van der Waals surface area contributed by atoms with Gasteiger partial charge in [-0.25, -0.2) is 9.97 Å². The van der Waals surface area contributed by atoms with Crippen molar-refractivity contribution in [2.75, 3.05) is 0 Å². The lowest BCUT2D eigenvalue weighted by Gasteiger charge is -1.88. The van der Waals surface area contributed by atoms with Crippen molar-refractivity contribution in [3.63, 3.8) is 0 Å². The molecule has 2 rings (SSSR count). The zero-order chi connectivity index (χ0) is 8.39. The third kappa shape index (κ3) is 1.01. The molecule has 0 radical (unpaired) electrons. The van der Waals surface area contributed by atoms with Gasteiger partial charge >= 0.3 is 0 Å². The monoisotopic (exact) mass is 163 g/mol. The fraction of sp³-hybridized carbons (Fsp3) is 0. The highest BCUT2D eigenvalue weighted by atomic mass is 16.5. The van der Waals surface area contributed by atoms with Crippen molar-refractivity contribution in [2.24, 2.45) is 0 Å². The first-order chi connectivity index (χ1) is 5.88. The Morgan fingerprint density at radius 1 is 1.33 bits per heavy atom. The molecule has 5 nitrogen and oxygen atoms in total. The number of hydrogen-bond acceptors (Lipinski definition) is 4. The summed E-state index contributed by atoms with van der Waals surface area (Å²) in [5.74, 6) is 0.368. The van der Waals surface area contributed by atoms with Crippen LogP contribution in [0.1, 0.15) is 0 Å². The third-order valence-electron chi connectivity index (χ3n) is 1.38. The Morgan fingerprint density at radius 2 is 2.08 bits per heavy atom. The fourth-order valence-corrected chi connectivity index (χ4v) is 0.843. The molecule has 0 saturated heterocycles. The summed E-state index contributed by atoms with van der Waals surface area (Å²) in [6.07, 6.45) is 4.42. The normalized spacial score (nSPS) is 10.0. The van der Waals surface area contributed by atoms with Crippen molar-refractivity contribution in [1.29, 1.82) is 0 Å². The van der Waals surface area contributed by atoms with Gasteiger partial charge in [-0.3, -0.25) is 4.79 Å². The van der Waals surface area contributed by atoms with Crippen molar-refractivity contribution < 1.29 is 4.52 Å². The van der Waals surface area contributed by atoms with Gasteiger partial charge in [-0.05, 0) is 6.07 Å². The molecule has 0 amide bonds. The van der Waals surface area contributed by atoms with E-state index in [2.05, 4.69) is 19.6 Å². The van der Waals surface area contributed by atoms with E-state index in [4.69, 9.17) is 0 Å². The molecule has 0 aliphatic carbocycles. The van der Waals surface area contributed by atoms with Gasteiger partial charge < -0.3 is 4.52 Å². The first-order valence-corrected chi connectivity index (χ1v) is 3.31. The minimum Gasteiger partial charge on any atom is -0.386 e. The molecule has 5 heteroatoms. The molecule has 1 N–H and O–H groups in total. The van der Waals surface area contributed by atoms with Crippen LogP contribution in [0.2, 0.25) is 0 Å². The smallest absolute Gasteiger partial charge is 0.290 e. The molecule has 60 valence electrons. The lowest BCUT2D eigenvalue weighted by atomic mass is 10.3. The minimum absolute atomic E-state index is 0.318. The van der Waals surface area contributed by atoms with E-state index in [0.717, 1.165) is 0 Å². The van der Waals surface area contributed by atoms with Gasteiger partial charge in [0.2, 0.25) is 0 Å². The van der Waals surface area contributed by atoms with E-state index in [0.29, 0.717) is 11.4 Å². The molecule has 0 bridgehead atoms. The van der Waals surface area contributed by atoms with Crippen LogP contribution in [0.3, 0.4) is 0 Å². The molecule has 2 aromatic rings. The van der Waals surface area contributed by atoms with E-state index < -0.39 is 0 Å². The van der Waals surface area contributed by atoms with Crippen molar-refractivity contribution in [1.82, 2.24) is 15.1 Å². The molecule has 0 aromatic carbocycles. The molecule has 0 spiro atoms. The minimum atomic E-state index is -0.318. The van der Waals surface area contributed by atoms with Gasteiger partial charge in [0.05, 0.1) is 0 Å². The van der Waals surface area contributed by atoms with Gasteiger partial charge in [0.1, 0.15) is 11.8 Å². The van der Waals surface area contributed by atoms with Crippen LogP contribution in [0.5, 0.6) is 0 Å². The maximum absolute atomic E-state index is 11.0. The predicted octanol–water partition coefficient (Wildman–Crippen LogP) is 0.425. The lowest BCUT2D eigenvalue weighted by Crippen LogP contribution is -2.02. The Bertz CT molecular complexity index is 417. The van der Waals surface area contributed by atoms with Crippen molar-refractivity contribution in [2.45, 2.75) is 0 Å². The summed E-state index contributed by atoms with van der Waals surface area (Å²) in [5, 5.41) is 2.16. The molecule has 2 aromatic heterocycles. The number of rotatable bonds is 1. The van der Waals surface area contributed by atoms with Crippen LogP contribution >= 0.6 is 0 Å². The largest absolute Gasteiger partial charge is 0.386 e. The molecular weight excluding hydrogens is 158 g/mol. The third-order valence-corrected chi connectivity index (χ3v) is 1.38. The fourth-order valence-electron chi connectivity index (χ4n) is 0.843. The van der Waals surface area contributed by atoms with Crippen LogP contribution in [0.25, 0.3) is 11.4 Å². The topological polar surface area (TPSA) is 71.8 Å². The molecule has 0 saturated carbocycles. The molecule has 2 heterocycles. The predicted molar refractivity (Wildman–Crippen MR) is 40.4 cm³/mol. The van der Waals surface area contributed by atoms with Gasteiger partial charge in [0.15, 0.2) is 5.82 Å². The Labute approximate surface area is 67.1 Å². The summed E-state index contributed by atoms with van der Waals surface area (Å²) in [5.41, 5.74) is 0.0248. The second-order valence-electron chi connectivity index (χ2n) is 2.15. The van der Waals surface area contributed by atoms with Crippen LogP contribution in [0.4, 0.5) is 0 Å². The molecule has 12 heavy (non-hydrogen) atoms. The first-order valence-electron chi connectivity index (χ1n) is 3.31. The molecule has 0 atom stereocenters. The van der Waals surface area contributed by atoms with Crippen LogP contribution < -0.4 is 5.56 Å². The van der Waals surface area contributed by atoms with Gasteiger partial charge in [-0.1, -0.05) is 0 Å². The van der Waals surface area contributed by atoms with Crippen LogP contribution in [0.15, 0.2) is 34.0 Å². The number of aromatic nitrogens is 3. The summed E-state index contributed by atoms with van der Waals surface area (Å²) >= 11 is 0. The van der Waals surface area contributed by atoms with E-state index in [1.807, 2.05) is 0 Å². The molecule has 0 aliphatic heterocycles. The highest BCUT2D eigenvalue weighted by molar-refractivity contribution is 5.50. The zero-order valence-electron chi connectivity index (χ0n) is 6.02. The average molecular weight is 163 g/mol. The quantitative estimate of drug-likeness (QED) is 0.661. The van der Waals surface area contributed by atoms with Crippen molar-refractivity contribution in [3.8, 4) is 11.4 Å². The summed E-state index contributed by atoms with van der Waals surface area (Å²) < 4.78 is 4.58. The standard InChI is InChI=1S/C7H5N3O2/c11-7-5(4-12-10-7)6-8-2-1-3-9-6/h1-4H,(H,10,11). The van der Waals surface area contributed by atoms with E-state index in [1.165, 1.54) is 6.26 Å². The Morgan fingerprint density at radius 3 is 2.67 bits per heavy atom. The number of hydrogen-bond donors (Lipinski definition) is 1. The Balaban J connectivity index is 2.59. The number of nitrogens with one attached hydrogen (secondary N) is 1. The van der Waals surface area contributed by atoms with E-state index in [9.17, 15) is 4.79 Å². The highest BCUT2D eigenvalue weighted by Gasteiger charge is 2.06. The number of aromatic amines is 1. The number of nitrogens with zero attached hydrogens (tertiary/aromatic N) is 2. The maximum atomic E-state index is 11.0. The van der Waals surface area contributed by atoms with Crippen LogP contribution in [-0.4, -0.2) is 15.1 Å². The Kier molecular flexibility index (Phi) is 1.48. The van der Waals surface area contributed by atoms with E-state index >= 15 is 0 Å². The zero-order valence-corrected chi connectivity index (χ0v) is 6.02. The van der Waals surface area contributed by atoms with E-state index in [1.54, 1.807) is 18.5 Å². The second kappa shape index (κ2) is 2.61. The highest BCUT2D eigenvalue weighted by Crippen LogP contribution is 2.05. The van der Waals surface area contributed by atoms with Crippen molar-refractivity contribution in [3.05, 3.63) is 35.1 Å². The summed E-state index contributed by atoms with van der Waals surface area (Å²) in [7, 11) is 0. The maximum Gasteiger partial charge on any atom is 0.290 e. The molecule has 0 fully saturated rings. The SMILES string of the molecule is O=c1[nH]occ1-c1ncccn1. The average Bonchev–Trinajstić information content (AvgIpc) is 2.53. The Hall–Kier alpha value is -1.91. The van der Waals surface area contributed by atoms with Crippen molar-refractivity contribution >= 4 is 0 Å².